The molecule has 35 heteroatoms. The molecular weight excluding hydrogens is 1610 g/mol. The summed E-state index contributed by atoms with van der Waals surface area (Å²) in [6.45, 7) is 39.5. The first-order chi connectivity index (χ1) is 50.0. The number of ether oxygens (including phenoxy) is 6. The fourth-order valence-electron chi connectivity index (χ4n) is 13.4. The number of hydrogen-bond acceptors (Lipinski definition) is 24. The molecule has 612 valence electrons. The molecule has 0 saturated carbocycles. The van der Waals surface area contributed by atoms with E-state index in [1.807, 2.05) is 0 Å². The molecule has 0 aromatic rings. The zero-order valence-electron chi connectivity index (χ0n) is 65.3. The molecule has 11 aliphatic rings. The van der Waals surface area contributed by atoms with Crippen LogP contribution in [0.2, 0.25) is 0 Å². The molecule has 0 aromatic heterocycles. The number of aliphatic hydroxyl groups excluding tert-OH is 6. The third kappa shape index (κ3) is 23.6. The highest BCUT2D eigenvalue weighted by Crippen LogP contribution is 2.50. The summed E-state index contributed by atoms with van der Waals surface area (Å²) < 4.78 is 35.6. The maximum absolute atomic E-state index is 11.3. The van der Waals surface area contributed by atoms with Crippen LogP contribution in [0, 0.1) is 0 Å². The lowest BCUT2D eigenvalue weighted by Crippen LogP contribution is -2.53. The SMILES string of the molecule is C=C1NC(=O)C=CN1C1O[C@@]2(CCP(=C)(C)C)CO[C@@H]1[C@@H]2O.C=C1NC(=O)C=CN1C1O[C@H](CCP(=C)(C)C)[C@@H](O)[C@@]1(C)O.C=C1NC(=O)C=CN1C1O[C@H](CCP(=C)(C)C)[C@@H](O)[C@H]1I.C=C1NC(=O)C=CN1C1O[C@H](CCP(=C)(C)C)[C@@H](O)[C@]1(C)O.C=C1NC(=O)C=CN1C1O[C@](C)(CCP(=C)(C)C)[C@@H](O)[C@H]1O. The molecule has 6 fully saturated rings. The van der Waals surface area contributed by atoms with E-state index in [2.05, 4.69) is 180 Å². The number of rotatable bonds is 20. The third-order valence-corrected chi connectivity index (χ3v) is 28.6. The van der Waals surface area contributed by atoms with E-state index in [-0.39, 0.29) is 45.8 Å². The maximum Gasteiger partial charge on any atom is 0.250 e. The zero-order valence-corrected chi connectivity index (χ0v) is 71.9. The van der Waals surface area contributed by atoms with Gasteiger partial charge in [-0.2, -0.15) is 0 Å². The molecule has 29 nitrogen and oxygen atoms in total. The van der Waals surface area contributed by atoms with E-state index in [4.69, 9.17) is 28.4 Å². The topological polar surface area (TPSA) is 379 Å². The Kier molecular flexibility index (Phi) is 30.0. The molecule has 11 rings (SSSR count). The van der Waals surface area contributed by atoms with Gasteiger partial charge in [-0.25, -0.2) is 0 Å². The number of fused-ring (bicyclic) bond motifs is 2. The summed E-state index contributed by atoms with van der Waals surface area (Å²) in [5.74, 6) is 0.612. The van der Waals surface area contributed by atoms with Crippen LogP contribution >= 0.6 is 57.0 Å². The lowest BCUT2D eigenvalue weighted by Gasteiger charge is -2.38. The number of amides is 5. The number of aliphatic hydroxyl groups is 8. The molecule has 2 bridgehead atoms. The summed E-state index contributed by atoms with van der Waals surface area (Å²) in [6, 6.07) is 0. The summed E-state index contributed by atoms with van der Waals surface area (Å²) in [7, 11) is 0. The van der Waals surface area contributed by atoms with Crippen molar-refractivity contribution in [1.29, 1.82) is 0 Å². The fourth-order valence-corrected chi connectivity index (χ4v) is 19.2. The predicted octanol–water partition coefficient (Wildman–Crippen LogP) is 2.77. The molecule has 5 unspecified atom stereocenters. The third-order valence-electron chi connectivity index (χ3n) is 20.0. The van der Waals surface area contributed by atoms with Gasteiger partial charge >= 0.3 is 0 Å². The van der Waals surface area contributed by atoms with Crippen molar-refractivity contribution in [2.24, 2.45) is 0 Å². The Hall–Kier alpha value is -4.58. The van der Waals surface area contributed by atoms with E-state index in [0.29, 0.717) is 55.0 Å². The average molecular weight is 1740 g/mol. The van der Waals surface area contributed by atoms with Gasteiger partial charge in [0, 0.05) is 61.4 Å². The number of carbonyl (C=O) groups is 5. The molecule has 11 aliphatic heterocycles. The molecule has 11 heterocycles. The van der Waals surface area contributed by atoms with Crippen LogP contribution in [0.1, 0.15) is 52.9 Å². The van der Waals surface area contributed by atoms with Crippen molar-refractivity contribution >= 4 is 118 Å². The largest absolute Gasteiger partial charge is 0.389 e. The standard InChI is InChI=1S/C15H23N2O4P.3C15H25N2O4P.C14H22IN2O3P/c1-10-16-11(18)5-7-17(10)14-12-13(19)15(21-14,9-20-12)6-8-22(2,3)4;2*1-10-16-12(18)6-8-17(10)14-15(2,20)13(19)11(21-14)7-9-22(3,4)5;1-10-16-11(18)6-8-17(10)14-12(19)13(20)15(2,21-14)7-9-22(3,4)5;1-9-16-11(18)5-7-17(9)14-12(15)13(19)10(20-14)6-8-21(2,3)4/h5,7,12-14,19H,1-2,6,8-9H2,3-4H3,(H,16,18);2*6,8,11,13-14,19-20H,1,3,7,9H2,2,4-5H3,(H,16,18);6,8,12-14,19-20H,1,3,7,9H2,2,4-5H3,(H,16,18);5,7,10,12-14,19H,1-2,6,8H2,3-4H3,(H,16,18)/t12-,13+,14?,15+;11-,13-,14?,15+;11-,13-,14?,15-;12-,13+,14?,15-;10-,12-,13-,14?/m11111/s1. The van der Waals surface area contributed by atoms with Gasteiger partial charge in [-0.15, -0.1) is 65.9 Å². The van der Waals surface area contributed by atoms with Gasteiger partial charge in [-0.3, -0.25) is 24.0 Å². The van der Waals surface area contributed by atoms with Gasteiger partial charge in [0.05, 0.1) is 40.5 Å². The monoisotopic (exact) mass is 1730 g/mol. The number of alkyl halides is 1. The number of halogens is 1. The lowest BCUT2D eigenvalue weighted by molar-refractivity contribution is -0.182. The smallest absolute Gasteiger partial charge is 0.250 e. The molecule has 0 spiro atoms. The zero-order chi connectivity index (χ0) is 82.0. The summed E-state index contributed by atoms with van der Waals surface area (Å²) in [5.41, 5.74) is -4.47. The number of hydrogen-bond donors (Lipinski definition) is 13. The van der Waals surface area contributed by atoms with Crippen molar-refractivity contribution in [1.82, 2.24) is 51.1 Å². The van der Waals surface area contributed by atoms with Crippen LogP contribution in [0.5, 0.6) is 0 Å². The van der Waals surface area contributed by atoms with Crippen molar-refractivity contribution in [3.63, 3.8) is 0 Å². The second kappa shape index (κ2) is 35.7. The van der Waals surface area contributed by atoms with Gasteiger partial charge in [0.25, 0.3) is 29.5 Å². The molecule has 109 heavy (non-hydrogen) atoms. The van der Waals surface area contributed by atoms with Crippen LogP contribution in [-0.2, 0) is 52.4 Å². The van der Waals surface area contributed by atoms with Crippen LogP contribution in [0.15, 0.2) is 123 Å². The van der Waals surface area contributed by atoms with Crippen molar-refractivity contribution in [3.8, 4) is 0 Å². The molecule has 0 aliphatic carbocycles. The first kappa shape index (κ1) is 91.6. The van der Waals surface area contributed by atoms with Gasteiger partial charge in [-0.1, -0.05) is 55.5 Å². The summed E-state index contributed by atoms with van der Waals surface area (Å²) in [4.78, 5) is 64.6. The quantitative estimate of drug-likeness (QED) is 0.0473. The van der Waals surface area contributed by atoms with E-state index in [1.165, 1.54) is 77.5 Å². The molecule has 0 radical (unpaired) electrons. The van der Waals surface area contributed by atoms with Crippen LogP contribution in [0.3, 0.4) is 0 Å². The highest BCUT2D eigenvalue weighted by atomic mass is 127. The summed E-state index contributed by atoms with van der Waals surface area (Å²) >= 11 is 2.20. The maximum atomic E-state index is 11.3. The van der Waals surface area contributed by atoms with E-state index in [0.717, 1.165) is 43.7 Å². The Morgan fingerprint density at radius 1 is 0.431 bits per heavy atom. The normalized spacial score (nSPS) is 35.8. The van der Waals surface area contributed by atoms with Gasteiger partial charge < -0.3 is 120 Å². The first-order valence-electron chi connectivity index (χ1n) is 35.8. The molecule has 13 N–H and O–H groups in total. The second-order valence-corrected chi connectivity index (χ2v) is 56.4. The minimum Gasteiger partial charge on any atom is -0.389 e. The minimum absolute atomic E-state index is 0.0877. The molecular formula is C74H120IN10O19P5. The van der Waals surface area contributed by atoms with Crippen molar-refractivity contribution in [2.75, 3.05) is 104 Å². The first-order valence-corrected chi connectivity index (χ1v) is 52.3. The molecule has 0 aromatic carbocycles. The average Bonchev–Trinajstić information content (AvgIpc) is 1.58. The van der Waals surface area contributed by atoms with Crippen LogP contribution in [-0.4, -0.2) is 349 Å². The van der Waals surface area contributed by atoms with Crippen molar-refractivity contribution in [2.45, 2.75) is 171 Å². The van der Waals surface area contributed by atoms with Crippen molar-refractivity contribution in [3.05, 3.63) is 123 Å². The highest BCUT2D eigenvalue weighted by molar-refractivity contribution is 14.1. The Labute approximate surface area is 657 Å². The van der Waals surface area contributed by atoms with Crippen molar-refractivity contribution < 1.29 is 93.2 Å². The Balaban J connectivity index is 0.000000190. The van der Waals surface area contributed by atoms with Gasteiger partial charge in [0.2, 0.25) is 0 Å². The number of nitrogens with one attached hydrogen (secondary N) is 5. The van der Waals surface area contributed by atoms with Crippen LogP contribution in [0.25, 0.3) is 0 Å². The Morgan fingerprint density at radius 3 is 1.10 bits per heavy atom. The predicted molar refractivity (Wildman–Crippen MR) is 450 cm³/mol. The lowest BCUT2D eigenvalue weighted by atomic mass is 9.94. The molecule has 6 saturated heterocycles. The summed E-state index contributed by atoms with van der Waals surface area (Å²) in [5, 5.41) is 96.8. The van der Waals surface area contributed by atoms with Crippen LogP contribution < -0.4 is 26.6 Å². The second-order valence-electron chi connectivity index (χ2n) is 33.4. The van der Waals surface area contributed by atoms with Gasteiger partial charge in [0.1, 0.15) is 88.8 Å². The highest BCUT2D eigenvalue weighted by Gasteiger charge is 2.63. The van der Waals surface area contributed by atoms with E-state index >= 15 is 0 Å². The van der Waals surface area contributed by atoms with E-state index < -0.39 is 137 Å². The van der Waals surface area contributed by atoms with E-state index in [9.17, 15) is 64.8 Å². The summed E-state index contributed by atoms with van der Waals surface area (Å²) in [6.07, 6.45) is 33.3. The Morgan fingerprint density at radius 2 is 0.752 bits per heavy atom. The Bertz CT molecular complexity index is 3750. The number of carbonyl (C=O) groups excluding carboxylic acids is 5. The van der Waals surface area contributed by atoms with E-state index in [1.54, 1.807) is 29.1 Å². The number of nitrogens with zero attached hydrogens (tertiary/aromatic N) is 5. The fraction of sp³-hybridized carbons (Fsp3) is 0.595. The molecule has 20 atom stereocenters. The minimum atomic E-state index is -1.47. The molecule has 5 amide bonds. The van der Waals surface area contributed by atoms with Gasteiger partial charge in [-0.05, 0) is 150 Å². The van der Waals surface area contributed by atoms with Gasteiger partial charge in [0.15, 0.2) is 24.9 Å². The van der Waals surface area contributed by atoms with Crippen LogP contribution in [0.4, 0.5) is 0 Å².